The van der Waals surface area contributed by atoms with Gasteiger partial charge in [0.05, 0.1) is 6.20 Å². The van der Waals surface area contributed by atoms with Gasteiger partial charge >= 0.3 is 0 Å². The van der Waals surface area contributed by atoms with Crippen LogP contribution in [0.5, 0.6) is 0 Å². The molecule has 0 saturated carbocycles. The van der Waals surface area contributed by atoms with Gasteiger partial charge < -0.3 is 0 Å². The van der Waals surface area contributed by atoms with Crippen LogP contribution in [-0.2, 0) is 19.6 Å². The molecule has 38 heavy (non-hydrogen) atoms. The summed E-state index contributed by atoms with van der Waals surface area (Å²) in [4.78, 5) is 4.12. The summed E-state index contributed by atoms with van der Waals surface area (Å²) in [6.45, 7) is 3.04. The molecule has 0 aliphatic carbocycles. The highest BCUT2D eigenvalue weighted by molar-refractivity contribution is 5.74. The summed E-state index contributed by atoms with van der Waals surface area (Å²) in [6, 6.07) is 25.4. The highest BCUT2D eigenvalue weighted by Crippen LogP contribution is 2.27. The molecule has 4 heterocycles. The molecule has 5 rings (SSSR count). The monoisotopic (exact) mass is 497 g/mol. The summed E-state index contributed by atoms with van der Waals surface area (Å²) in [5, 5.41) is 18.5. The molecule has 6 heteroatoms. The van der Waals surface area contributed by atoms with Gasteiger partial charge in [0, 0.05) is 47.8 Å². The standard InChI is InChI=1S/C32H29N6/c33-13-21-36-17-7-28(8-18-36)29-9-19-37(20-10-29)25-31-3-1-2-4-32(31)26-38(24-14-34)22-11-30(12-23-38)27-5-15-35-16-6-27/h1-12,15-20,22H,21,23-26H2/q+3. The molecule has 0 radical (unpaired) electrons. The van der Waals surface area contributed by atoms with Crippen LogP contribution in [0.25, 0.3) is 16.7 Å². The lowest BCUT2D eigenvalue weighted by molar-refractivity contribution is -0.880. The molecular formula is C32H29N6+3. The van der Waals surface area contributed by atoms with E-state index in [9.17, 15) is 5.26 Å². The molecule has 0 N–H and O–H groups in total. The molecule has 1 atom stereocenters. The Morgan fingerprint density at radius 2 is 1.42 bits per heavy atom. The normalized spacial score (nSPS) is 16.3. The van der Waals surface area contributed by atoms with Crippen molar-refractivity contribution in [2.45, 2.75) is 19.6 Å². The molecule has 184 valence electrons. The first-order chi connectivity index (χ1) is 18.7. The van der Waals surface area contributed by atoms with Crippen LogP contribution in [0, 0.1) is 22.7 Å². The van der Waals surface area contributed by atoms with Gasteiger partial charge in [0.1, 0.15) is 25.2 Å². The van der Waals surface area contributed by atoms with Gasteiger partial charge in [-0.15, -0.1) is 0 Å². The number of hydrogen-bond donors (Lipinski definition) is 0. The summed E-state index contributed by atoms with van der Waals surface area (Å²) in [7, 11) is 0. The number of quaternary nitrogens is 1. The summed E-state index contributed by atoms with van der Waals surface area (Å²) < 4.78 is 4.62. The minimum Gasteiger partial charge on any atom is -0.278 e. The van der Waals surface area contributed by atoms with E-state index < -0.39 is 0 Å². The molecule has 0 saturated heterocycles. The van der Waals surface area contributed by atoms with Crippen LogP contribution in [0.3, 0.4) is 0 Å². The number of pyridine rings is 3. The Morgan fingerprint density at radius 1 is 0.763 bits per heavy atom. The quantitative estimate of drug-likeness (QED) is 0.207. The molecule has 6 nitrogen and oxygen atoms in total. The van der Waals surface area contributed by atoms with E-state index in [2.05, 4.69) is 88.8 Å². The first-order valence-electron chi connectivity index (χ1n) is 12.6. The van der Waals surface area contributed by atoms with Crippen molar-refractivity contribution in [2.75, 3.05) is 13.1 Å². The Morgan fingerprint density at radius 3 is 2.03 bits per heavy atom. The van der Waals surface area contributed by atoms with E-state index in [1.165, 1.54) is 16.7 Å². The maximum Gasteiger partial charge on any atom is 0.233 e. The lowest BCUT2D eigenvalue weighted by atomic mass is 10.0. The van der Waals surface area contributed by atoms with Crippen LogP contribution >= 0.6 is 0 Å². The van der Waals surface area contributed by atoms with E-state index in [1.54, 1.807) is 0 Å². The Hall–Kier alpha value is -4.91. The van der Waals surface area contributed by atoms with Crippen LogP contribution in [0.2, 0.25) is 0 Å². The molecule has 0 fully saturated rings. The molecule has 0 bridgehead atoms. The third-order valence-electron chi connectivity index (χ3n) is 6.97. The maximum absolute atomic E-state index is 9.66. The SMILES string of the molecule is N#CC[n+]1ccc(-c2cc[n+](Cc3ccccc3C[N+]3(CC#N)C=CC(c4ccncc4)=CC3)cc2)cc1. The average Bonchev–Trinajstić information content (AvgIpc) is 2.96. The fourth-order valence-electron chi connectivity index (χ4n) is 4.83. The van der Waals surface area contributed by atoms with Gasteiger partial charge in [0.15, 0.2) is 37.9 Å². The fraction of sp³-hybridized carbons (Fsp3) is 0.156. The van der Waals surface area contributed by atoms with Gasteiger partial charge in [-0.25, -0.2) is 4.57 Å². The number of allylic oxidation sites excluding steroid dienone is 2. The van der Waals surface area contributed by atoms with Gasteiger partial charge in [0.25, 0.3) is 0 Å². The van der Waals surface area contributed by atoms with E-state index in [-0.39, 0.29) is 0 Å². The van der Waals surface area contributed by atoms with Crippen molar-refractivity contribution in [1.82, 2.24) is 4.98 Å². The van der Waals surface area contributed by atoms with E-state index in [1.807, 2.05) is 53.6 Å². The van der Waals surface area contributed by atoms with Gasteiger partial charge in [-0.05, 0) is 46.5 Å². The second kappa shape index (κ2) is 11.4. The highest BCUT2D eigenvalue weighted by atomic mass is 15.3. The van der Waals surface area contributed by atoms with E-state index in [4.69, 9.17) is 5.26 Å². The number of nitriles is 2. The zero-order chi connectivity index (χ0) is 26.2. The highest BCUT2D eigenvalue weighted by Gasteiger charge is 2.28. The molecule has 0 amide bonds. The number of aromatic nitrogens is 3. The molecule has 1 aliphatic rings. The largest absolute Gasteiger partial charge is 0.278 e. The zero-order valence-corrected chi connectivity index (χ0v) is 21.2. The van der Waals surface area contributed by atoms with Gasteiger partial charge in [-0.2, -0.15) is 15.1 Å². The molecule has 3 aromatic heterocycles. The molecule has 4 aromatic rings. The molecule has 1 unspecified atom stereocenters. The Labute approximate surface area is 223 Å². The summed E-state index contributed by atoms with van der Waals surface area (Å²) in [5.74, 6) is 0. The lowest BCUT2D eigenvalue weighted by Gasteiger charge is -2.34. The van der Waals surface area contributed by atoms with Gasteiger partial charge in [-0.3, -0.25) is 9.47 Å². The number of benzene rings is 1. The van der Waals surface area contributed by atoms with E-state index in [0.717, 1.165) is 36.3 Å². The second-order valence-electron chi connectivity index (χ2n) is 9.53. The van der Waals surface area contributed by atoms with Crippen LogP contribution in [0.15, 0.2) is 116 Å². The van der Waals surface area contributed by atoms with Crippen LogP contribution in [0.1, 0.15) is 16.7 Å². The van der Waals surface area contributed by atoms with E-state index >= 15 is 0 Å². The topological polar surface area (TPSA) is 68.2 Å². The molecule has 0 spiro atoms. The molecule has 1 aromatic carbocycles. The van der Waals surface area contributed by atoms with Gasteiger partial charge in [-0.1, -0.05) is 24.3 Å². The molecular weight excluding hydrogens is 468 g/mol. The smallest absolute Gasteiger partial charge is 0.233 e. The Kier molecular flexibility index (Phi) is 7.45. The first-order valence-corrected chi connectivity index (χ1v) is 12.6. The second-order valence-corrected chi connectivity index (χ2v) is 9.53. The zero-order valence-electron chi connectivity index (χ0n) is 21.2. The minimum absolute atomic E-state index is 0.348. The lowest BCUT2D eigenvalue weighted by Crippen LogP contribution is -2.44. The van der Waals surface area contributed by atoms with Crippen molar-refractivity contribution in [2.24, 2.45) is 0 Å². The van der Waals surface area contributed by atoms with Crippen molar-refractivity contribution in [3.05, 3.63) is 133 Å². The predicted octanol–water partition coefficient (Wildman–Crippen LogP) is 4.35. The van der Waals surface area contributed by atoms with Gasteiger partial charge in [0.2, 0.25) is 6.54 Å². The summed E-state index contributed by atoms with van der Waals surface area (Å²) in [5.41, 5.74) is 7.05. The maximum atomic E-state index is 9.66. The van der Waals surface area contributed by atoms with Crippen molar-refractivity contribution in [3.8, 4) is 23.3 Å². The first kappa shape index (κ1) is 24.8. The number of hydrogen-bond acceptors (Lipinski definition) is 3. The van der Waals surface area contributed by atoms with Crippen molar-refractivity contribution >= 4 is 5.57 Å². The van der Waals surface area contributed by atoms with Crippen molar-refractivity contribution < 1.29 is 13.6 Å². The Bertz CT molecular complexity index is 1540. The molecule has 1 aliphatic heterocycles. The number of rotatable bonds is 8. The van der Waals surface area contributed by atoms with E-state index in [0.29, 0.717) is 17.6 Å². The van der Waals surface area contributed by atoms with Crippen LogP contribution in [-0.4, -0.2) is 22.6 Å². The average molecular weight is 498 g/mol. The van der Waals surface area contributed by atoms with Crippen LogP contribution in [0.4, 0.5) is 0 Å². The Balaban J connectivity index is 1.32. The van der Waals surface area contributed by atoms with Crippen molar-refractivity contribution in [1.29, 1.82) is 10.5 Å². The third-order valence-corrected chi connectivity index (χ3v) is 6.97. The van der Waals surface area contributed by atoms with Crippen molar-refractivity contribution in [3.63, 3.8) is 0 Å². The third kappa shape index (κ3) is 5.73. The fourth-order valence-corrected chi connectivity index (χ4v) is 4.83. The number of nitrogens with zero attached hydrogens (tertiary/aromatic N) is 6. The predicted molar refractivity (Wildman–Crippen MR) is 144 cm³/mol. The summed E-state index contributed by atoms with van der Waals surface area (Å²) >= 11 is 0. The minimum atomic E-state index is 0.348. The summed E-state index contributed by atoms with van der Waals surface area (Å²) in [6.07, 6.45) is 18.2. The van der Waals surface area contributed by atoms with Crippen LogP contribution < -0.4 is 9.13 Å².